The standard InChI is InChI=1S/C3H8.2C3H7.10Y/c3*1-3-2;;;;;;;;;;/h3H2,1-2H3;2*3H,1-2H3;;;;;;;;;;/q;2*-1;;;;;;;;;;. The Morgan fingerprint density at radius 2 is 0.421 bits per heavy atom. The maximum absolute atomic E-state index is 2.12. The van der Waals surface area contributed by atoms with E-state index in [1.54, 1.807) is 0 Å². The molecule has 0 aliphatic carbocycles. The predicted molar refractivity (Wildman–Crippen MR) is 47.3 cm³/mol. The molecule has 0 amide bonds. The molecule has 0 aliphatic heterocycles. The van der Waals surface area contributed by atoms with E-state index in [-0.39, 0.29) is 327 Å². The third-order valence-corrected chi connectivity index (χ3v) is 0. The van der Waals surface area contributed by atoms with E-state index in [0.29, 0.717) is 0 Å². The van der Waals surface area contributed by atoms with Crippen molar-refractivity contribution in [2.75, 3.05) is 0 Å². The van der Waals surface area contributed by atoms with Gasteiger partial charge in [-0.2, -0.15) is 27.7 Å². The SMILES string of the molecule is CCC.C[CH-]C.C[CH-]C.[Y].[Y].[Y].[Y].[Y].[Y].[Y].[Y].[Y].[Y]. The van der Waals surface area contributed by atoms with Crippen LogP contribution in [0.1, 0.15) is 48.0 Å². The third kappa shape index (κ3) is 174. The van der Waals surface area contributed by atoms with Crippen LogP contribution in [0.2, 0.25) is 0 Å². The molecule has 0 N–H and O–H groups in total. The van der Waals surface area contributed by atoms with Crippen molar-refractivity contribution >= 4 is 0 Å². The minimum atomic E-state index is 0. The van der Waals surface area contributed by atoms with Crippen molar-refractivity contribution in [1.82, 2.24) is 0 Å². The van der Waals surface area contributed by atoms with Crippen molar-refractivity contribution in [1.29, 1.82) is 0 Å². The Bertz CT molecular complexity index is 23.7. The van der Waals surface area contributed by atoms with Gasteiger partial charge in [0.2, 0.25) is 0 Å². The van der Waals surface area contributed by atoms with Gasteiger partial charge in [-0.15, -0.1) is 0 Å². The summed E-state index contributed by atoms with van der Waals surface area (Å²) in [7, 11) is 0. The number of hydrogen-bond donors (Lipinski definition) is 0. The van der Waals surface area contributed by atoms with E-state index in [4.69, 9.17) is 0 Å². The molecule has 0 atom stereocenters. The van der Waals surface area contributed by atoms with Crippen molar-refractivity contribution in [3.05, 3.63) is 12.8 Å². The zero-order valence-corrected chi connectivity index (χ0v) is 42.0. The van der Waals surface area contributed by atoms with Crippen LogP contribution < -0.4 is 0 Å². The van der Waals surface area contributed by atoms with Crippen molar-refractivity contribution in [3.63, 3.8) is 0 Å². The summed E-state index contributed by atoms with van der Waals surface area (Å²) in [5, 5.41) is 0. The first kappa shape index (κ1) is 87.2. The smallest absolute Gasteiger partial charge is 0 e. The molecular weight excluding hydrogens is 997 g/mol. The van der Waals surface area contributed by atoms with Gasteiger partial charge in [0.15, 0.2) is 0 Å². The molecule has 0 aromatic heterocycles. The van der Waals surface area contributed by atoms with Gasteiger partial charge in [-0.25, -0.2) is 0 Å². The zero-order chi connectivity index (χ0) is 8.12. The Morgan fingerprint density at radius 3 is 0.421 bits per heavy atom. The van der Waals surface area contributed by atoms with Crippen molar-refractivity contribution < 1.29 is 327 Å². The van der Waals surface area contributed by atoms with Gasteiger partial charge in [-0.3, -0.25) is 0 Å². The fourth-order valence-electron chi connectivity index (χ4n) is 0. The Balaban J connectivity index is -0.00000000205. The van der Waals surface area contributed by atoms with Gasteiger partial charge >= 0.3 is 0 Å². The summed E-state index contributed by atoms with van der Waals surface area (Å²) in [4.78, 5) is 0. The average Bonchev–Trinajstić information content (AvgIpc) is 1.70. The normalized spacial score (nSPS) is 2.84. The van der Waals surface area contributed by atoms with Gasteiger partial charge in [0.05, 0.1) is 0 Å². The molecule has 0 bridgehead atoms. The second-order valence-electron chi connectivity index (χ2n) is 1.86. The minimum Gasteiger partial charge on any atom is -0.335 e. The fourth-order valence-corrected chi connectivity index (χ4v) is 0. The van der Waals surface area contributed by atoms with Gasteiger partial charge in [0.25, 0.3) is 0 Å². The molecule has 0 aliphatic rings. The molecule has 0 fully saturated rings. The largest absolute Gasteiger partial charge is 0.335 e. The average molecular weight is 1020 g/mol. The first-order chi connectivity index (χ1) is 4.24. The molecule has 90 valence electrons. The Morgan fingerprint density at radius 1 is 0.421 bits per heavy atom. The molecule has 0 heterocycles. The Labute approximate surface area is 376 Å². The first-order valence-corrected chi connectivity index (χ1v) is 3.72. The van der Waals surface area contributed by atoms with Gasteiger partial charge < -0.3 is 12.8 Å². The second-order valence-corrected chi connectivity index (χ2v) is 1.86. The summed E-state index contributed by atoms with van der Waals surface area (Å²) in [5.41, 5.74) is 0. The van der Waals surface area contributed by atoms with Crippen molar-refractivity contribution in [2.24, 2.45) is 0 Å². The third-order valence-electron chi connectivity index (χ3n) is 0. The van der Waals surface area contributed by atoms with Crippen LogP contribution in [0.5, 0.6) is 0 Å². The second kappa shape index (κ2) is 116. The summed E-state index contributed by atoms with van der Waals surface area (Å²) >= 11 is 0. The van der Waals surface area contributed by atoms with Crippen LogP contribution in [-0.4, -0.2) is 0 Å². The molecule has 0 saturated heterocycles. The summed E-state index contributed by atoms with van der Waals surface area (Å²) in [5.74, 6) is 0. The summed E-state index contributed by atoms with van der Waals surface area (Å²) in [6, 6.07) is 0. The molecule has 19 heavy (non-hydrogen) atoms. The number of rotatable bonds is 0. The first-order valence-electron chi connectivity index (χ1n) is 3.72. The molecule has 0 saturated carbocycles. The minimum absolute atomic E-state index is 0. The summed E-state index contributed by atoms with van der Waals surface area (Å²) in [6.07, 6.45) is 5.25. The van der Waals surface area contributed by atoms with E-state index in [1.165, 1.54) is 6.42 Å². The Hall–Kier alpha value is 11.0. The molecule has 0 unspecified atom stereocenters. The quantitative estimate of drug-likeness (QED) is 0.324. The summed E-state index contributed by atoms with van der Waals surface area (Å²) < 4.78 is 0. The molecule has 10 radical (unpaired) electrons. The molecule has 0 rings (SSSR count). The van der Waals surface area contributed by atoms with Crippen LogP contribution >= 0.6 is 0 Å². The maximum atomic E-state index is 2.12. The monoisotopic (exact) mass is 1020 g/mol. The Kier molecular flexibility index (Phi) is 532. The maximum Gasteiger partial charge on any atom is 0 e. The molecular formula is C9H22Y10-2. The van der Waals surface area contributed by atoms with E-state index >= 15 is 0 Å². The van der Waals surface area contributed by atoms with Gasteiger partial charge in [0.1, 0.15) is 0 Å². The van der Waals surface area contributed by atoms with E-state index < -0.39 is 0 Å². The van der Waals surface area contributed by atoms with E-state index in [0.717, 1.165) is 0 Å². The van der Waals surface area contributed by atoms with Gasteiger partial charge in [0, 0.05) is 327 Å². The molecule has 0 aromatic rings. The van der Waals surface area contributed by atoms with Crippen LogP contribution in [0, 0.1) is 12.8 Å². The van der Waals surface area contributed by atoms with E-state index in [1.807, 2.05) is 40.5 Å². The molecule has 0 nitrogen and oxygen atoms in total. The van der Waals surface area contributed by atoms with Gasteiger partial charge in [-0.1, -0.05) is 20.3 Å². The number of hydrogen-bond acceptors (Lipinski definition) is 0. The van der Waals surface area contributed by atoms with Crippen LogP contribution in [-0.2, 0) is 327 Å². The topological polar surface area (TPSA) is 0 Å². The molecule has 0 aromatic carbocycles. The fraction of sp³-hybridized carbons (Fsp3) is 0.778. The van der Waals surface area contributed by atoms with Crippen LogP contribution in [0.4, 0.5) is 0 Å². The van der Waals surface area contributed by atoms with Crippen LogP contribution in [0.25, 0.3) is 0 Å². The van der Waals surface area contributed by atoms with E-state index in [9.17, 15) is 0 Å². The van der Waals surface area contributed by atoms with E-state index in [2.05, 4.69) is 13.8 Å². The van der Waals surface area contributed by atoms with Crippen LogP contribution in [0.3, 0.4) is 0 Å². The summed E-state index contributed by atoms with van der Waals surface area (Å²) in [6.45, 7) is 12.2. The van der Waals surface area contributed by atoms with Crippen molar-refractivity contribution in [3.8, 4) is 0 Å². The molecule has 0 spiro atoms. The molecule has 10 heteroatoms. The predicted octanol–water partition coefficient (Wildman–Crippen LogP) is 3.85. The van der Waals surface area contributed by atoms with Crippen LogP contribution in [0.15, 0.2) is 0 Å². The van der Waals surface area contributed by atoms with Gasteiger partial charge in [-0.05, 0) is 0 Å². The zero-order valence-electron chi connectivity index (χ0n) is 13.6. The van der Waals surface area contributed by atoms with Crippen molar-refractivity contribution in [2.45, 2.75) is 48.0 Å².